The van der Waals surface area contributed by atoms with E-state index >= 15 is 0 Å². The number of aliphatic carboxylic acids is 1. The summed E-state index contributed by atoms with van der Waals surface area (Å²) in [7, 11) is -4.19. The Balaban J connectivity index is 1.05. The van der Waals surface area contributed by atoms with Gasteiger partial charge in [-0.05, 0) is 56.4 Å². The Morgan fingerprint density at radius 2 is 1.90 bits per heavy atom. The molecule has 1 aliphatic heterocycles. The lowest BCUT2D eigenvalue weighted by Gasteiger charge is -2.16. The number of aromatic nitrogens is 2. The van der Waals surface area contributed by atoms with E-state index in [0.29, 0.717) is 23.6 Å². The lowest BCUT2D eigenvalue weighted by Crippen LogP contribution is -2.49. The van der Waals surface area contributed by atoms with Gasteiger partial charge in [0.15, 0.2) is 0 Å². The van der Waals surface area contributed by atoms with Crippen LogP contribution >= 0.6 is 0 Å². The van der Waals surface area contributed by atoms with Crippen LogP contribution in [0, 0.1) is 0 Å². The van der Waals surface area contributed by atoms with Crippen molar-refractivity contribution in [1.82, 2.24) is 20.0 Å². The van der Waals surface area contributed by atoms with Gasteiger partial charge in [0.2, 0.25) is 16.0 Å². The number of hydrogen-bond donors (Lipinski definition) is 5. The Morgan fingerprint density at radius 3 is 2.73 bits per heavy atom. The molecule has 2 aromatic carbocycles. The number of sulfonamides is 1. The third-order valence-electron chi connectivity index (χ3n) is 7.30. The highest BCUT2D eigenvalue weighted by molar-refractivity contribution is 7.89. The first kappa shape index (κ1) is 28.6. The number of benzene rings is 2. The first-order valence-corrected chi connectivity index (χ1v) is 15.3. The van der Waals surface area contributed by atoms with E-state index in [1.807, 2.05) is 0 Å². The number of oxime groups is 1. The van der Waals surface area contributed by atoms with Gasteiger partial charge >= 0.3 is 5.97 Å². The Morgan fingerprint density at radius 1 is 1.10 bits per heavy atom. The van der Waals surface area contributed by atoms with E-state index < -0.39 is 34.5 Å². The molecule has 2 unspecified atom stereocenters. The Labute approximate surface area is 238 Å². The maximum atomic E-state index is 13.0. The fraction of sp³-hybridized carbons (Fsp3) is 0.429. The molecular formula is C28H34N6O6S. The van der Waals surface area contributed by atoms with Crippen molar-refractivity contribution in [3.63, 3.8) is 0 Å². The minimum atomic E-state index is -4.19. The number of carbonyl (C=O) groups is 2. The second-order valence-electron chi connectivity index (χ2n) is 10.3. The van der Waals surface area contributed by atoms with E-state index in [2.05, 4.69) is 30.5 Å². The number of aromatic amines is 1. The van der Waals surface area contributed by atoms with Gasteiger partial charge in [-0.1, -0.05) is 41.6 Å². The molecule has 0 fully saturated rings. The van der Waals surface area contributed by atoms with Crippen LogP contribution in [0.2, 0.25) is 0 Å². The molecule has 2 heterocycles. The molecule has 0 saturated heterocycles. The fourth-order valence-corrected chi connectivity index (χ4v) is 6.53. The maximum absolute atomic E-state index is 13.0. The number of amides is 1. The summed E-state index contributed by atoms with van der Waals surface area (Å²) in [6, 6.07) is 10.1. The summed E-state index contributed by atoms with van der Waals surface area (Å²) in [6.07, 6.45) is 6.98. The van der Waals surface area contributed by atoms with E-state index in [1.54, 1.807) is 36.4 Å². The Kier molecular flexibility index (Phi) is 8.84. The van der Waals surface area contributed by atoms with Gasteiger partial charge in [0.1, 0.15) is 17.9 Å². The van der Waals surface area contributed by atoms with Crippen LogP contribution in [0.4, 0.5) is 5.95 Å². The van der Waals surface area contributed by atoms with E-state index in [9.17, 15) is 23.1 Å². The van der Waals surface area contributed by atoms with Crippen LogP contribution in [0.3, 0.4) is 0 Å². The lowest BCUT2D eigenvalue weighted by atomic mass is 10.0. The molecular weight excluding hydrogens is 548 g/mol. The molecule has 12 nitrogen and oxygen atoms in total. The second kappa shape index (κ2) is 12.7. The van der Waals surface area contributed by atoms with Gasteiger partial charge in [0.25, 0.3) is 5.91 Å². The van der Waals surface area contributed by atoms with Crippen LogP contribution < -0.4 is 15.4 Å². The van der Waals surface area contributed by atoms with Crippen LogP contribution in [0.5, 0.6) is 0 Å². The van der Waals surface area contributed by atoms with Gasteiger partial charge in [-0.2, -0.15) is 4.72 Å². The molecule has 1 aliphatic carbocycles. The summed E-state index contributed by atoms with van der Waals surface area (Å²) in [5, 5.41) is 20.5. The normalized spacial score (nSPS) is 17.4. The van der Waals surface area contributed by atoms with E-state index in [4.69, 9.17) is 4.84 Å². The molecule has 0 radical (unpaired) electrons. The standard InChI is InChI=1S/C28H34N6O6S/c35-26(23-16-19(40-33-23)10-5-6-15-29-28-31-21-12-3-4-13-22(21)32-28)30-17-24(27(36)37)34-41(38,39)25-14-7-9-18-8-1-2-11-20(18)25/h1-2,7-9,11,14,19,24,34H,3-6,10,12-13,15-17H2,(H,30,35)(H,36,37)(H2,29,31,32). The highest BCUT2D eigenvalue weighted by Crippen LogP contribution is 2.23. The summed E-state index contributed by atoms with van der Waals surface area (Å²) < 4.78 is 28.3. The number of carboxylic acids is 1. The highest BCUT2D eigenvalue weighted by Gasteiger charge is 2.30. The molecule has 0 bridgehead atoms. The van der Waals surface area contributed by atoms with Crippen molar-refractivity contribution in [3.05, 3.63) is 53.9 Å². The monoisotopic (exact) mass is 582 g/mol. The number of carbonyl (C=O) groups excluding carboxylic acids is 1. The van der Waals surface area contributed by atoms with E-state index in [1.165, 1.54) is 24.6 Å². The lowest BCUT2D eigenvalue weighted by molar-refractivity contribution is -0.138. The van der Waals surface area contributed by atoms with Crippen LogP contribution in [-0.2, 0) is 37.3 Å². The van der Waals surface area contributed by atoms with Gasteiger partial charge in [0.05, 0.1) is 10.6 Å². The predicted molar refractivity (Wildman–Crippen MR) is 153 cm³/mol. The third kappa shape index (κ3) is 7.03. The van der Waals surface area contributed by atoms with Gasteiger partial charge in [-0.15, -0.1) is 0 Å². The smallest absolute Gasteiger partial charge is 0.323 e. The van der Waals surface area contributed by atoms with Gasteiger partial charge < -0.3 is 25.6 Å². The molecule has 2 atom stereocenters. The first-order valence-electron chi connectivity index (χ1n) is 13.9. The molecule has 5 N–H and O–H groups in total. The third-order valence-corrected chi connectivity index (χ3v) is 8.83. The van der Waals surface area contributed by atoms with Gasteiger partial charge in [-0.25, -0.2) is 13.4 Å². The molecule has 1 amide bonds. The van der Waals surface area contributed by atoms with E-state index in [0.717, 1.165) is 43.9 Å². The number of H-pyrrole nitrogens is 1. The predicted octanol–water partition coefficient (Wildman–Crippen LogP) is 2.72. The molecule has 218 valence electrons. The number of rotatable bonds is 13. The number of imidazole rings is 1. The summed E-state index contributed by atoms with van der Waals surface area (Å²) in [5.74, 6) is -1.19. The number of nitrogens with zero attached hydrogens (tertiary/aromatic N) is 2. The number of aryl methyl sites for hydroxylation is 2. The number of carboxylic acid groups (broad SMARTS) is 1. The molecule has 3 aromatic rings. The van der Waals surface area contributed by atoms with Gasteiger partial charge in [-0.3, -0.25) is 9.59 Å². The Bertz CT molecular complexity index is 1520. The molecule has 2 aliphatic rings. The summed E-state index contributed by atoms with van der Waals surface area (Å²) in [4.78, 5) is 37.8. The van der Waals surface area contributed by atoms with Crippen LogP contribution in [0.25, 0.3) is 10.8 Å². The van der Waals surface area contributed by atoms with E-state index in [-0.39, 0.29) is 16.7 Å². The van der Waals surface area contributed by atoms with Crippen molar-refractivity contribution in [3.8, 4) is 0 Å². The topological polar surface area (TPSA) is 175 Å². The van der Waals surface area contributed by atoms with Crippen LogP contribution in [0.15, 0.2) is 52.5 Å². The number of hydrogen-bond acceptors (Lipinski definition) is 8. The SMILES string of the molecule is O=C(NCC(NS(=O)(=O)c1cccc2ccccc12)C(=O)O)C1=NOC(CCCCNc2nc3c([nH]2)CCCC3)C1. The van der Waals surface area contributed by atoms with Gasteiger partial charge in [0, 0.05) is 30.6 Å². The molecule has 0 saturated carbocycles. The van der Waals surface area contributed by atoms with Crippen molar-refractivity contribution in [2.45, 2.75) is 68.4 Å². The van der Waals surface area contributed by atoms with Crippen molar-refractivity contribution in [2.75, 3.05) is 18.4 Å². The number of unbranched alkanes of at least 4 members (excludes halogenated alkanes) is 1. The molecule has 13 heteroatoms. The van der Waals surface area contributed by atoms with Crippen molar-refractivity contribution < 1.29 is 28.0 Å². The van der Waals surface area contributed by atoms with Crippen LogP contribution in [-0.4, -0.2) is 66.3 Å². The molecule has 0 spiro atoms. The van der Waals surface area contributed by atoms with Crippen molar-refractivity contribution >= 4 is 44.3 Å². The average molecular weight is 583 g/mol. The largest absolute Gasteiger partial charge is 0.480 e. The summed E-state index contributed by atoms with van der Waals surface area (Å²) in [6.45, 7) is 0.308. The minimum Gasteiger partial charge on any atom is -0.480 e. The zero-order chi connectivity index (χ0) is 28.8. The van der Waals surface area contributed by atoms with Crippen molar-refractivity contribution in [2.24, 2.45) is 5.16 Å². The number of anilines is 1. The molecule has 1 aromatic heterocycles. The number of nitrogens with one attached hydrogen (secondary N) is 4. The zero-order valence-electron chi connectivity index (χ0n) is 22.6. The highest BCUT2D eigenvalue weighted by atomic mass is 32.2. The molecule has 41 heavy (non-hydrogen) atoms. The fourth-order valence-electron chi connectivity index (χ4n) is 5.12. The minimum absolute atomic E-state index is 0.0388. The van der Waals surface area contributed by atoms with Crippen LogP contribution in [0.1, 0.15) is 49.9 Å². The number of fused-ring (bicyclic) bond motifs is 2. The summed E-state index contributed by atoms with van der Waals surface area (Å²) in [5.41, 5.74) is 2.55. The zero-order valence-corrected chi connectivity index (χ0v) is 23.4. The average Bonchev–Trinajstić information content (AvgIpc) is 3.61. The first-order chi connectivity index (χ1) is 19.8. The molecule has 5 rings (SSSR count). The second-order valence-corrected chi connectivity index (χ2v) is 12.0. The quantitative estimate of drug-likeness (QED) is 0.191. The summed E-state index contributed by atoms with van der Waals surface area (Å²) >= 11 is 0. The Hall–Kier alpha value is -3.97. The van der Waals surface area contributed by atoms with Crippen molar-refractivity contribution in [1.29, 1.82) is 0 Å². The maximum Gasteiger partial charge on any atom is 0.323 e.